The molecule has 2 N–H and O–H groups in total. The number of hydrogen-bond acceptors (Lipinski definition) is 4. The van der Waals surface area contributed by atoms with Gasteiger partial charge in [-0.25, -0.2) is 0 Å². The highest BCUT2D eigenvalue weighted by molar-refractivity contribution is 6.32. The summed E-state index contributed by atoms with van der Waals surface area (Å²) in [7, 11) is 0. The first kappa shape index (κ1) is 16.9. The normalized spacial score (nSPS) is 19.2. The Morgan fingerprint density at radius 1 is 1.59 bits per heavy atom. The van der Waals surface area contributed by atoms with Gasteiger partial charge in [-0.05, 0) is 25.1 Å². The molecule has 1 aliphatic rings. The highest BCUT2D eigenvalue weighted by Crippen LogP contribution is 2.28. The van der Waals surface area contributed by atoms with E-state index in [1.54, 1.807) is 0 Å². The van der Waals surface area contributed by atoms with E-state index in [1.165, 1.54) is 18.2 Å². The highest BCUT2D eigenvalue weighted by atomic mass is 35.5. The Kier molecular flexibility index (Phi) is 5.93. The van der Waals surface area contributed by atoms with Gasteiger partial charge in [-0.15, -0.1) is 0 Å². The molecule has 1 atom stereocenters. The van der Waals surface area contributed by atoms with Gasteiger partial charge in [-0.2, -0.15) is 8.78 Å². The van der Waals surface area contributed by atoms with Crippen LogP contribution in [0.25, 0.3) is 0 Å². The maximum absolute atomic E-state index is 12.1. The summed E-state index contributed by atoms with van der Waals surface area (Å²) < 4.78 is 28.5. The molecule has 1 fully saturated rings. The van der Waals surface area contributed by atoms with E-state index >= 15 is 0 Å². The average Bonchev–Trinajstić information content (AvgIpc) is 2.44. The van der Waals surface area contributed by atoms with Crippen molar-refractivity contribution in [3.63, 3.8) is 0 Å². The fourth-order valence-electron chi connectivity index (χ4n) is 2.27. The molecular weight excluding hydrogens is 316 g/mol. The topological polar surface area (TPSA) is 53.6 Å². The largest absolute Gasteiger partial charge is 0.433 e. The monoisotopic (exact) mass is 333 g/mol. The van der Waals surface area contributed by atoms with Gasteiger partial charge in [-0.1, -0.05) is 11.6 Å². The third kappa shape index (κ3) is 4.79. The van der Waals surface area contributed by atoms with Gasteiger partial charge in [0.1, 0.15) is 5.75 Å². The second-order valence-electron chi connectivity index (χ2n) is 5.10. The number of piperazine rings is 1. The molecule has 2 rings (SSSR count). The van der Waals surface area contributed by atoms with E-state index in [1.807, 2.05) is 6.92 Å². The van der Waals surface area contributed by atoms with Crippen LogP contribution < -0.4 is 15.4 Å². The van der Waals surface area contributed by atoms with Crippen LogP contribution in [0.3, 0.4) is 0 Å². The van der Waals surface area contributed by atoms with Crippen LogP contribution >= 0.6 is 11.6 Å². The molecule has 122 valence electrons. The summed E-state index contributed by atoms with van der Waals surface area (Å²) >= 11 is 5.84. The number of alkyl halides is 2. The second-order valence-corrected chi connectivity index (χ2v) is 5.50. The fraction of sp³-hybridized carbons (Fsp3) is 0.500. The predicted octanol–water partition coefficient (Wildman–Crippen LogP) is 2.17. The lowest BCUT2D eigenvalue weighted by Crippen LogP contribution is -2.51. The summed E-state index contributed by atoms with van der Waals surface area (Å²) in [5.41, 5.74) is 0.444. The standard InChI is InChI=1S/C14H18ClF2N3O2/c1-9-7-18-4-5-20(9)8-13(21)19-10-2-3-12(11(15)6-10)22-14(16)17/h2-3,6,9,14,18H,4-5,7-8H2,1H3,(H,19,21)/t9-/m0/s1. The summed E-state index contributed by atoms with van der Waals surface area (Å²) in [5.74, 6) is -0.294. The smallest absolute Gasteiger partial charge is 0.387 e. The van der Waals surface area contributed by atoms with Gasteiger partial charge in [0.2, 0.25) is 5.91 Å². The Morgan fingerprint density at radius 3 is 3.00 bits per heavy atom. The zero-order valence-corrected chi connectivity index (χ0v) is 12.9. The summed E-state index contributed by atoms with van der Waals surface area (Å²) in [6.07, 6.45) is 0. The average molecular weight is 334 g/mol. The molecule has 0 radical (unpaired) electrons. The Labute approximate surface area is 132 Å². The van der Waals surface area contributed by atoms with E-state index in [9.17, 15) is 13.6 Å². The molecule has 0 bridgehead atoms. The zero-order chi connectivity index (χ0) is 16.1. The number of anilines is 1. The van der Waals surface area contributed by atoms with E-state index in [4.69, 9.17) is 11.6 Å². The van der Waals surface area contributed by atoms with Crippen LogP contribution in [0, 0.1) is 0 Å². The van der Waals surface area contributed by atoms with Crippen molar-refractivity contribution in [2.75, 3.05) is 31.5 Å². The summed E-state index contributed by atoms with van der Waals surface area (Å²) in [6, 6.07) is 4.45. The van der Waals surface area contributed by atoms with Crippen molar-refractivity contribution in [1.29, 1.82) is 0 Å². The molecule has 1 saturated heterocycles. The van der Waals surface area contributed by atoms with Gasteiger partial charge in [0.15, 0.2) is 0 Å². The number of carbonyl (C=O) groups excluding carboxylic acids is 1. The molecule has 0 spiro atoms. The number of rotatable bonds is 5. The minimum atomic E-state index is -2.94. The fourth-order valence-corrected chi connectivity index (χ4v) is 2.50. The summed E-state index contributed by atoms with van der Waals surface area (Å²) in [6.45, 7) is 1.88. The van der Waals surface area contributed by atoms with Crippen LogP contribution in [-0.4, -0.2) is 49.6 Å². The number of nitrogens with zero attached hydrogens (tertiary/aromatic N) is 1. The molecule has 1 aromatic rings. The first-order chi connectivity index (χ1) is 10.5. The Morgan fingerprint density at radius 2 is 2.36 bits per heavy atom. The van der Waals surface area contributed by atoms with Gasteiger partial charge >= 0.3 is 6.61 Å². The molecular formula is C14H18ClF2N3O2. The first-order valence-electron chi connectivity index (χ1n) is 6.94. The second kappa shape index (κ2) is 7.71. The van der Waals surface area contributed by atoms with Crippen LogP contribution in [0.5, 0.6) is 5.75 Å². The van der Waals surface area contributed by atoms with E-state index in [0.717, 1.165) is 19.6 Å². The summed E-state index contributed by atoms with van der Waals surface area (Å²) in [4.78, 5) is 14.1. The van der Waals surface area contributed by atoms with E-state index in [-0.39, 0.29) is 29.3 Å². The molecule has 0 unspecified atom stereocenters. The van der Waals surface area contributed by atoms with Crippen LogP contribution in [-0.2, 0) is 4.79 Å². The van der Waals surface area contributed by atoms with Crippen LogP contribution in [0.15, 0.2) is 18.2 Å². The Balaban J connectivity index is 1.92. The lowest BCUT2D eigenvalue weighted by Gasteiger charge is -2.33. The molecule has 1 amide bonds. The van der Waals surface area contributed by atoms with E-state index in [0.29, 0.717) is 5.69 Å². The van der Waals surface area contributed by atoms with Crippen LogP contribution in [0.1, 0.15) is 6.92 Å². The number of nitrogens with one attached hydrogen (secondary N) is 2. The van der Waals surface area contributed by atoms with Crippen molar-refractivity contribution in [2.45, 2.75) is 19.6 Å². The third-order valence-electron chi connectivity index (χ3n) is 3.42. The minimum Gasteiger partial charge on any atom is -0.433 e. The lowest BCUT2D eigenvalue weighted by molar-refractivity contribution is -0.118. The van der Waals surface area contributed by atoms with Gasteiger partial charge in [0.05, 0.1) is 11.6 Å². The van der Waals surface area contributed by atoms with Crippen LogP contribution in [0.2, 0.25) is 5.02 Å². The van der Waals surface area contributed by atoms with E-state index < -0.39 is 6.61 Å². The Bertz CT molecular complexity index is 531. The van der Waals surface area contributed by atoms with Gasteiger partial charge in [-0.3, -0.25) is 9.69 Å². The minimum absolute atomic E-state index is 0.0219. The quantitative estimate of drug-likeness (QED) is 0.867. The maximum atomic E-state index is 12.1. The Hall–Kier alpha value is -1.44. The number of ether oxygens (including phenoxy) is 1. The molecule has 0 aliphatic carbocycles. The predicted molar refractivity (Wildman–Crippen MR) is 80.6 cm³/mol. The third-order valence-corrected chi connectivity index (χ3v) is 3.71. The number of halogens is 3. The zero-order valence-electron chi connectivity index (χ0n) is 12.1. The molecule has 1 heterocycles. The van der Waals surface area contributed by atoms with Gasteiger partial charge < -0.3 is 15.4 Å². The first-order valence-corrected chi connectivity index (χ1v) is 7.32. The van der Waals surface area contributed by atoms with Gasteiger partial charge in [0, 0.05) is 31.4 Å². The van der Waals surface area contributed by atoms with Gasteiger partial charge in [0.25, 0.3) is 0 Å². The highest BCUT2D eigenvalue weighted by Gasteiger charge is 2.20. The SMILES string of the molecule is C[C@H]1CNCCN1CC(=O)Nc1ccc(OC(F)F)c(Cl)c1. The van der Waals surface area contributed by atoms with Crippen molar-refractivity contribution in [3.05, 3.63) is 23.2 Å². The van der Waals surface area contributed by atoms with Crippen molar-refractivity contribution >= 4 is 23.2 Å². The number of benzene rings is 1. The van der Waals surface area contributed by atoms with Crippen molar-refractivity contribution in [2.24, 2.45) is 0 Å². The molecule has 8 heteroatoms. The number of carbonyl (C=O) groups is 1. The summed E-state index contributed by atoms with van der Waals surface area (Å²) in [5, 5.41) is 5.98. The molecule has 0 saturated carbocycles. The molecule has 22 heavy (non-hydrogen) atoms. The van der Waals surface area contributed by atoms with Crippen molar-refractivity contribution in [3.8, 4) is 5.75 Å². The molecule has 1 aliphatic heterocycles. The van der Waals surface area contributed by atoms with E-state index in [2.05, 4.69) is 20.3 Å². The van der Waals surface area contributed by atoms with Crippen LogP contribution in [0.4, 0.5) is 14.5 Å². The number of hydrogen-bond donors (Lipinski definition) is 2. The molecule has 5 nitrogen and oxygen atoms in total. The lowest BCUT2D eigenvalue weighted by atomic mass is 10.2. The molecule has 1 aromatic carbocycles. The maximum Gasteiger partial charge on any atom is 0.387 e. The van der Waals surface area contributed by atoms with Crippen molar-refractivity contribution in [1.82, 2.24) is 10.2 Å². The number of amides is 1. The molecule has 0 aromatic heterocycles. The van der Waals surface area contributed by atoms with Crippen molar-refractivity contribution < 1.29 is 18.3 Å².